The Morgan fingerprint density at radius 3 is 2.61 bits per heavy atom. The Kier molecular flexibility index (Phi) is 5.67. The van der Waals surface area contributed by atoms with Crippen molar-refractivity contribution in [2.75, 3.05) is 14.1 Å². The standard InChI is InChI=1S/C23H35N3OS/c1-6-23(26(4)5)11-9-17(10-12-23)27-21-20-19-16(13-15(2)3)7-8-18(19)28-22(20)25-14-24-21/h14-17H,6-13H2,1-5H3/t16-,17?,23?/m1/s1. The van der Waals surface area contributed by atoms with Gasteiger partial charge in [-0.15, -0.1) is 11.3 Å². The second-order valence-corrected chi connectivity index (χ2v) is 10.5. The molecule has 2 aliphatic carbocycles. The summed E-state index contributed by atoms with van der Waals surface area (Å²) >= 11 is 1.86. The van der Waals surface area contributed by atoms with E-state index in [1.54, 1.807) is 6.33 Å². The maximum atomic E-state index is 6.56. The lowest BCUT2D eigenvalue weighted by Crippen LogP contribution is -2.48. The van der Waals surface area contributed by atoms with E-state index in [2.05, 4.69) is 49.7 Å². The van der Waals surface area contributed by atoms with Gasteiger partial charge >= 0.3 is 0 Å². The van der Waals surface area contributed by atoms with Gasteiger partial charge in [0.2, 0.25) is 5.88 Å². The van der Waals surface area contributed by atoms with Crippen molar-refractivity contribution in [3.8, 4) is 5.88 Å². The molecular weight excluding hydrogens is 366 g/mol. The van der Waals surface area contributed by atoms with Gasteiger partial charge in [-0.3, -0.25) is 0 Å². The van der Waals surface area contributed by atoms with Crippen molar-refractivity contribution in [2.45, 2.75) is 89.7 Å². The molecule has 0 saturated heterocycles. The summed E-state index contributed by atoms with van der Waals surface area (Å²) in [6.45, 7) is 6.97. The van der Waals surface area contributed by atoms with Gasteiger partial charge in [0.15, 0.2) is 0 Å². The molecule has 2 heterocycles. The van der Waals surface area contributed by atoms with Gasteiger partial charge in [-0.05, 0) is 82.9 Å². The zero-order valence-electron chi connectivity index (χ0n) is 18.1. The Hall–Kier alpha value is -1.20. The molecule has 1 atom stereocenters. The number of nitrogens with zero attached hydrogens (tertiary/aromatic N) is 3. The highest BCUT2D eigenvalue weighted by atomic mass is 32.1. The molecule has 0 aliphatic heterocycles. The molecule has 1 fully saturated rings. The van der Waals surface area contributed by atoms with Gasteiger partial charge in [0.25, 0.3) is 0 Å². The highest BCUT2D eigenvalue weighted by Gasteiger charge is 2.37. The molecule has 4 nitrogen and oxygen atoms in total. The number of aromatic nitrogens is 2. The second-order valence-electron chi connectivity index (χ2n) is 9.45. The first kappa shape index (κ1) is 20.1. The Balaban J connectivity index is 1.57. The summed E-state index contributed by atoms with van der Waals surface area (Å²) in [6, 6.07) is 0. The van der Waals surface area contributed by atoms with Gasteiger partial charge < -0.3 is 9.64 Å². The van der Waals surface area contributed by atoms with Crippen molar-refractivity contribution in [3.63, 3.8) is 0 Å². The van der Waals surface area contributed by atoms with Crippen LogP contribution in [0.25, 0.3) is 10.2 Å². The predicted molar refractivity (Wildman–Crippen MR) is 118 cm³/mol. The van der Waals surface area contributed by atoms with Crippen LogP contribution in [0.5, 0.6) is 5.88 Å². The first-order valence-electron chi connectivity index (χ1n) is 11.0. The number of rotatable bonds is 6. The molecule has 5 heteroatoms. The topological polar surface area (TPSA) is 38.2 Å². The van der Waals surface area contributed by atoms with Crippen LogP contribution in [0.15, 0.2) is 6.33 Å². The minimum Gasteiger partial charge on any atom is -0.474 e. The average Bonchev–Trinajstić information content (AvgIpc) is 3.22. The fourth-order valence-corrected chi connectivity index (χ4v) is 6.69. The number of hydrogen-bond donors (Lipinski definition) is 0. The molecule has 0 N–H and O–H groups in total. The van der Waals surface area contributed by atoms with Crippen LogP contribution in [0, 0.1) is 5.92 Å². The lowest BCUT2D eigenvalue weighted by atomic mass is 9.77. The maximum absolute atomic E-state index is 6.56. The molecule has 0 radical (unpaired) electrons. The summed E-state index contributed by atoms with van der Waals surface area (Å²) in [5.74, 6) is 2.20. The molecule has 0 spiro atoms. The summed E-state index contributed by atoms with van der Waals surface area (Å²) in [5.41, 5.74) is 1.85. The number of aryl methyl sites for hydroxylation is 1. The van der Waals surface area contributed by atoms with Crippen LogP contribution in [0.4, 0.5) is 0 Å². The molecule has 28 heavy (non-hydrogen) atoms. The zero-order chi connectivity index (χ0) is 19.9. The Bertz CT molecular complexity index is 821. The summed E-state index contributed by atoms with van der Waals surface area (Å²) in [5, 5.41) is 1.23. The van der Waals surface area contributed by atoms with Crippen molar-refractivity contribution < 1.29 is 4.74 Å². The van der Waals surface area contributed by atoms with Crippen molar-refractivity contribution in [1.29, 1.82) is 0 Å². The lowest BCUT2D eigenvalue weighted by Gasteiger charge is -2.44. The van der Waals surface area contributed by atoms with Gasteiger partial charge in [0.1, 0.15) is 17.3 Å². The van der Waals surface area contributed by atoms with Crippen LogP contribution in [0.1, 0.15) is 82.1 Å². The quantitative estimate of drug-likeness (QED) is 0.613. The molecule has 1 saturated carbocycles. The van der Waals surface area contributed by atoms with E-state index in [0.717, 1.165) is 23.6 Å². The Morgan fingerprint density at radius 2 is 1.96 bits per heavy atom. The molecule has 2 aromatic heterocycles. The SMILES string of the molecule is CCC1(N(C)C)CCC(Oc2ncnc3sc4c(c23)[C@@H](CC(C)C)CC4)CC1. The van der Waals surface area contributed by atoms with Gasteiger partial charge in [-0.2, -0.15) is 0 Å². The van der Waals surface area contributed by atoms with Crippen LogP contribution in [0.3, 0.4) is 0 Å². The van der Waals surface area contributed by atoms with E-state index < -0.39 is 0 Å². The Labute approximate surface area is 173 Å². The maximum Gasteiger partial charge on any atom is 0.225 e. The van der Waals surface area contributed by atoms with E-state index in [4.69, 9.17) is 4.74 Å². The number of ether oxygens (including phenoxy) is 1. The largest absolute Gasteiger partial charge is 0.474 e. The minimum absolute atomic E-state index is 0.276. The van der Waals surface area contributed by atoms with Crippen molar-refractivity contribution in [1.82, 2.24) is 14.9 Å². The van der Waals surface area contributed by atoms with E-state index in [1.807, 2.05) is 11.3 Å². The molecule has 2 aromatic rings. The summed E-state index contributed by atoms with van der Waals surface area (Å²) in [6.07, 6.45) is 11.5. The third-order valence-corrected chi connectivity index (χ3v) is 8.37. The highest BCUT2D eigenvalue weighted by molar-refractivity contribution is 7.19. The number of hydrogen-bond acceptors (Lipinski definition) is 5. The molecule has 154 valence electrons. The zero-order valence-corrected chi connectivity index (χ0v) is 18.9. The number of fused-ring (bicyclic) bond motifs is 3. The van der Waals surface area contributed by atoms with Crippen LogP contribution < -0.4 is 4.74 Å². The Morgan fingerprint density at radius 1 is 1.21 bits per heavy atom. The van der Waals surface area contributed by atoms with Gasteiger partial charge in [0, 0.05) is 10.4 Å². The van der Waals surface area contributed by atoms with E-state index in [1.165, 1.54) is 54.4 Å². The summed E-state index contributed by atoms with van der Waals surface area (Å²) < 4.78 is 6.56. The summed E-state index contributed by atoms with van der Waals surface area (Å²) in [7, 11) is 4.45. The first-order chi connectivity index (χ1) is 13.4. The van der Waals surface area contributed by atoms with Crippen LogP contribution in [-0.2, 0) is 6.42 Å². The van der Waals surface area contributed by atoms with E-state index in [9.17, 15) is 0 Å². The molecule has 2 aliphatic rings. The van der Waals surface area contributed by atoms with Crippen LogP contribution in [0.2, 0.25) is 0 Å². The molecule has 0 unspecified atom stereocenters. The van der Waals surface area contributed by atoms with Crippen LogP contribution >= 0.6 is 11.3 Å². The van der Waals surface area contributed by atoms with E-state index in [0.29, 0.717) is 17.4 Å². The third kappa shape index (κ3) is 3.56. The average molecular weight is 402 g/mol. The van der Waals surface area contributed by atoms with Crippen molar-refractivity contribution in [2.24, 2.45) is 5.92 Å². The van der Waals surface area contributed by atoms with E-state index in [-0.39, 0.29) is 6.10 Å². The lowest BCUT2D eigenvalue weighted by molar-refractivity contribution is 0.0402. The number of thiophene rings is 1. The third-order valence-electron chi connectivity index (χ3n) is 7.20. The van der Waals surface area contributed by atoms with Gasteiger partial charge in [-0.25, -0.2) is 9.97 Å². The fraction of sp³-hybridized carbons (Fsp3) is 0.739. The van der Waals surface area contributed by atoms with Gasteiger partial charge in [0.05, 0.1) is 5.39 Å². The smallest absolute Gasteiger partial charge is 0.225 e. The normalized spacial score (nSPS) is 27.7. The molecule has 0 bridgehead atoms. The van der Waals surface area contributed by atoms with Crippen LogP contribution in [-0.4, -0.2) is 40.6 Å². The molecule has 0 amide bonds. The van der Waals surface area contributed by atoms with Gasteiger partial charge in [-0.1, -0.05) is 20.8 Å². The van der Waals surface area contributed by atoms with Crippen molar-refractivity contribution in [3.05, 3.63) is 16.8 Å². The second kappa shape index (κ2) is 7.91. The van der Waals surface area contributed by atoms with E-state index >= 15 is 0 Å². The molecule has 0 aromatic carbocycles. The molecular formula is C23H35N3OS. The fourth-order valence-electron chi connectivity index (χ4n) is 5.46. The minimum atomic E-state index is 0.276. The summed E-state index contributed by atoms with van der Waals surface area (Å²) in [4.78, 5) is 14.3. The van der Waals surface area contributed by atoms with Crippen molar-refractivity contribution >= 4 is 21.6 Å². The predicted octanol–water partition coefficient (Wildman–Crippen LogP) is 5.80. The monoisotopic (exact) mass is 401 g/mol. The first-order valence-corrected chi connectivity index (χ1v) is 11.9. The molecule has 4 rings (SSSR count). The highest BCUT2D eigenvalue weighted by Crippen LogP contribution is 2.48.